The summed E-state index contributed by atoms with van der Waals surface area (Å²) in [6.45, 7) is 0. The number of nitro groups is 1. The van der Waals surface area contributed by atoms with Crippen LogP contribution in [-0.2, 0) is 0 Å². The van der Waals surface area contributed by atoms with Gasteiger partial charge in [-0.2, -0.15) is 0 Å². The summed E-state index contributed by atoms with van der Waals surface area (Å²) < 4.78 is 5.67. The normalized spacial score (nSPS) is 12.7. The minimum absolute atomic E-state index is 0.0310. The molecule has 4 rings (SSSR count). The largest absolute Gasteiger partial charge is 0.423 e. The van der Waals surface area contributed by atoms with Gasteiger partial charge in [-0.05, 0) is 30.0 Å². The third kappa shape index (κ3) is 2.80. The summed E-state index contributed by atoms with van der Waals surface area (Å²) in [5, 5.41) is 11.2. The maximum Gasteiger partial charge on any atom is 0.269 e. The molecule has 0 unspecified atom stereocenters. The molecule has 0 atom stereocenters. The highest BCUT2D eigenvalue weighted by atomic mass is 32.1. The quantitative estimate of drug-likeness (QED) is 0.228. The Morgan fingerprint density at radius 1 is 0.963 bits per heavy atom. The molecule has 3 heterocycles. The van der Waals surface area contributed by atoms with Gasteiger partial charge in [0, 0.05) is 12.1 Å². The van der Waals surface area contributed by atoms with E-state index in [4.69, 9.17) is 29.2 Å². The van der Waals surface area contributed by atoms with Crippen molar-refractivity contribution in [3.8, 4) is 11.8 Å². The molecule has 136 valence electrons. The van der Waals surface area contributed by atoms with Crippen molar-refractivity contribution in [3.63, 3.8) is 0 Å². The number of aromatic nitrogens is 4. The number of ether oxygens (including phenoxy) is 1. The fourth-order valence-corrected chi connectivity index (χ4v) is 3.40. The Balaban J connectivity index is 2.10. The minimum Gasteiger partial charge on any atom is -0.423 e. The average Bonchev–Trinajstić information content (AvgIpc) is 2.59. The number of nitrogens with one attached hydrogen (secondary N) is 4. The van der Waals surface area contributed by atoms with E-state index in [1.807, 2.05) is 0 Å². The Kier molecular flexibility index (Phi) is 3.86. The van der Waals surface area contributed by atoms with Gasteiger partial charge in [0.1, 0.15) is 0 Å². The van der Waals surface area contributed by atoms with Crippen molar-refractivity contribution in [1.82, 2.24) is 19.9 Å². The summed E-state index contributed by atoms with van der Waals surface area (Å²) in [4.78, 5) is 46.1. The van der Waals surface area contributed by atoms with Gasteiger partial charge in [0.25, 0.3) is 16.8 Å². The second-order valence-corrected chi connectivity index (χ2v) is 6.51. The van der Waals surface area contributed by atoms with Crippen molar-refractivity contribution < 1.29 is 9.66 Å². The summed E-state index contributed by atoms with van der Waals surface area (Å²) in [6.07, 6.45) is 0. The SMILES string of the molecule is O=c1[nH]c(=S)[nH]c2c1C(c1cccc([N+](=O)[O-])c1)c1c([nH]c(=S)[nH]c1=O)O2. The van der Waals surface area contributed by atoms with Crippen LogP contribution >= 0.6 is 24.4 Å². The van der Waals surface area contributed by atoms with Crippen LogP contribution in [0.3, 0.4) is 0 Å². The fourth-order valence-electron chi connectivity index (χ4n) is 3.03. The molecule has 1 aliphatic heterocycles. The first-order valence-electron chi connectivity index (χ1n) is 7.50. The monoisotopic (exact) mass is 403 g/mol. The molecule has 1 aliphatic rings. The van der Waals surface area contributed by atoms with Gasteiger partial charge in [-0.3, -0.25) is 29.7 Å². The number of benzene rings is 1. The molecular weight excluding hydrogens is 394 g/mol. The summed E-state index contributed by atoms with van der Waals surface area (Å²) in [5.41, 5.74) is -0.805. The number of nitro benzene ring substituents is 1. The number of hydrogen-bond donors (Lipinski definition) is 4. The number of rotatable bonds is 2. The lowest BCUT2D eigenvalue weighted by Gasteiger charge is -2.25. The molecule has 0 saturated carbocycles. The van der Waals surface area contributed by atoms with E-state index in [9.17, 15) is 19.7 Å². The molecule has 0 amide bonds. The number of H-pyrrole nitrogens is 4. The second-order valence-electron chi connectivity index (χ2n) is 5.69. The number of hydrogen-bond acceptors (Lipinski definition) is 7. The molecule has 0 radical (unpaired) electrons. The molecule has 4 N–H and O–H groups in total. The Labute approximate surface area is 159 Å². The smallest absolute Gasteiger partial charge is 0.269 e. The van der Waals surface area contributed by atoms with Crippen LogP contribution in [0, 0.1) is 19.7 Å². The molecule has 10 nitrogen and oxygen atoms in total. The van der Waals surface area contributed by atoms with Crippen molar-refractivity contribution in [2.24, 2.45) is 0 Å². The molecule has 1 aromatic carbocycles. The lowest BCUT2D eigenvalue weighted by molar-refractivity contribution is -0.384. The Hall–Kier alpha value is -3.38. The highest BCUT2D eigenvalue weighted by molar-refractivity contribution is 7.71. The van der Waals surface area contributed by atoms with Crippen LogP contribution in [0.5, 0.6) is 11.8 Å². The first-order chi connectivity index (χ1) is 12.8. The standard InChI is InChI=1S/C15H9N5O5S2/c21-10-8-7(5-2-1-3-6(4-5)20(23)24)9-11(22)17-15(27)19-13(9)25-12(8)18-14(26)16-10/h1-4,7H,(H2,16,18,21,26)(H2,17,19,22,27). The molecule has 0 spiro atoms. The van der Waals surface area contributed by atoms with Gasteiger partial charge in [-0.25, -0.2) is 0 Å². The highest BCUT2D eigenvalue weighted by Gasteiger charge is 2.35. The summed E-state index contributed by atoms with van der Waals surface area (Å²) in [6, 6.07) is 5.67. The Morgan fingerprint density at radius 2 is 1.52 bits per heavy atom. The molecule has 2 aromatic heterocycles. The maximum atomic E-state index is 12.6. The van der Waals surface area contributed by atoms with Gasteiger partial charge >= 0.3 is 0 Å². The molecule has 0 saturated heterocycles. The first-order valence-corrected chi connectivity index (χ1v) is 8.32. The Bertz CT molecular complexity index is 1260. The fraction of sp³-hybridized carbons (Fsp3) is 0.0667. The van der Waals surface area contributed by atoms with E-state index in [-0.39, 0.29) is 38.1 Å². The van der Waals surface area contributed by atoms with Gasteiger partial charge in [0.05, 0.1) is 22.0 Å². The maximum absolute atomic E-state index is 12.6. The van der Waals surface area contributed by atoms with Gasteiger partial charge < -0.3 is 14.7 Å². The number of aromatic amines is 4. The number of non-ortho nitro benzene ring substituents is 1. The predicted molar refractivity (Wildman–Crippen MR) is 98.6 cm³/mol. The molecule has 27 heavy (non-hydrogen) atoms. The van der Waals surface area contributed by atoms with E-state index in [0.29, 0.717) is 5.56 Å². The van der Waals surface area contributed by atoms with Gasteiger partial charge in [-0.1, -0.05) is 12.1 Å². The molecule has 0 fully saturated rings. The predicted octanol–water partition coefficient (Wildman–Crippen LogP) is 2.37. The molecule has 0 bridgehead atoms. The van der Waals surface area contributed by atoms with Gasteiger partial charge in [-0.15, -0.1) is 0 Å². The molecule has 12 heteroatoms. The minimum atomic E-state index is -0.935. The van der Waals surface area contributed by atoms with E-state index < -0.39 is 22.0 Å². The summed E-state index contributed by atoms with van der Waals surface area (Å²) in [7, 11) is 0. The van der Waals surface area contributed by atoms with Crippen molar-refractivity contribution in [2.75, 3.05) is 0 Å². The van der Waals surface area contributed by atoms with Crippen LogP contribution in [0.15, 0.2) is 33.9 Å². The number of fused-ring (bicyclic) bond motifs is 2. The summed E-state index contributed by atoms with van der Waals surface area (Å²) in [5.74, 6) is -0.872. The molecule has 3 aromatic rings. The van der Waals surface area contributed by atoms with Crippen LogP contribution in [0.25, 0.3) is 0 Å². The lowest BCUT2D eigenvalue weighted by Crippen LogP contribution is -2.29. The summed E-state index contributed by atoms with van der Waals surface area (Å²) >= 11 is 9.93. The number of nitrogens with zero attached hydrogens (tertiary/aromatic N) is 1. The average molecular weight is 403 g/mol. The van der Waals surface area contributed by atoms with Crippen molar-refractivity contribution in [1.29, 1.82) is 0 Å². The van der Waals surface area contributed by atoms with E-state index in [2.05, 4.69) is 19.9 Å². The lowest BCUT2D eigenvalue weighted by atomic mass is 9.85. The van der Waals surface area contributed by atoms with Crippen molar-refractivity contribution in [2.45, 2.75) is 5.92 Å². The van der Waals surface area contributed by atoms with Crippen LogP contribution in [0.1, 0.15) is 22.6 Å². The van der Waals surface area contributed by atoms with Gasteiger partial charge in [0.2, 0.25) is 11.8 Å². The highest BCUT2D eigenvalue weighted by Crippen LogP contribution is 2.42. The zero-order chi connectivity index (χ0) is 19.3. The van der Waals surface area contributed by atoms with Crippen LogP contribution in [0.4, 0.5) is 5.69 Å². The third-order valence-electron chi connectivity index (χ3n) is 4.08. The first kappa shape index (κ1) is 17.1. The third-order valence-corrected chi connectivity index (χ3v) is 4.49. The van der Waals surface area contributed by atoms with E-state index in [1.54, 1.807) is 6.07 Å². The Morgan fingerprint density at radius 3 is 2.04 bits per heavy atom. The van der Waals surface area contributed by atoms with Crippen LogP contribution in [-0.4, -0.2) is 24.9 Å². The van der Waals surface area contributed by atoms with E-state index >= 15 is 0 Å². The van der Waals surface area contributed by atoms with Crippen molar-refractivity contribution in [3.05, 3.63) is 81.3 Å². The zero-order valence-electron chi connectivity index (χ0n) is 13.2. The molecular formula is C15H9N5O5S2. The topological polar surface area (TPSA) is 150 Å². The molecule has 0 aliphatic carbocycles. The van der Waals surface area contributed by atoms with E-state index in [0.717, 1.165) is 0 Å². The van der Waals surface area contributed by atoms with Crippen LogP contribution in [0.2, 0.25) is 0 Å². The van der Waals surface area contributed by atoms with Crippen LogP contribution < -0.4 is 15.9 Å². The van der Waals surface area contributed by atoms with Gasteiger partial charge in [0.15, 0.2) is 9.54 Å². The second kappa shape index (κ2) is 6.10. The van der Waals surface area contributed by atoms with E-state index in [1.165, 1.54) is 18.2 Å². The zero-order valence-corrected chi connectivity index (χ0v) is 14.8. The van der Waals surface area contributed by atoms with Crippen molar-refractivity contribution >= 4 is 30.1 Å².